The van der Waals surface area contributed by atoms with Crippen molar-refractivity contribution in [3.8, 4) is 0 Å². The summed E-state index contributed by atoms with van der Waals surface area (Å²) in [5, 5.41) is 7.52. The van der Waals surface area contributed by atoms with Gasteiger partial charge in [-0.1, -0.05) is 23.2 Å². The first-order valence-electron chi connectivity index (χ1n) is 13.1. The van der Waals surface area contributed by atoms with Crippen molar-refractivity contribution in [2.24, 2.45) is 21.1 Å². The molecule has 38 heavy (non-hydrogen) atoms. The number of aromatic amines is 1. The van der Waals surface area contributed by atoms with Crippen LogP contribution < -0.4 is 10.6 Å². The molecular formula is C26H34Cl2FN7O2. The van der Waals surface area contributed by atoms with Gasteiger partial charge in [0, 0.05) is 36.8 Å². The fourth-order valence-corrected chi connectivity index (χ4v) is 5.66. The van der Waals surface area contributed by atoms with Gasteiger partial charge in [0.2, 0.25) is 0 Å². The van der Waals surface area contributed by atoms with Gasteiger partial charge in [0.25, 0.3) is 0 Å². The van der Waals surface area contributed by atoms with E-state index in [4.69, 9.17) is 38.4 Å². The molecule has 4 fully saturated rings. The molecule has 3 N–H and O–H groups in total. The first-order valence-corrected chi connectivity index (χ1v) is 13.8. The summed E-state index contributed by atoms with van der Waals surface area (Å²) < 4.78 is 23.3. The molecule has 5 heterocycles. The first kappa shape index (κ1) is 27.3. The number of hydrogen-bond donors (Lipinski definition) is 2. The Hall–Kier alpha value is -2.24. The van der Waals surface area contributed by atoms with Crippen molar-refractivity contribution in [2.45, 2.75) is 37.9 Å². The molecule has 1 spiro atoms. The van der Waals surface area contributed by atoms with E-state index in [-0.39, 0.29) is 0 Å². The van der Waals surface area contributed by atoms with Gasteiger partial charge >= 0.3 is 0 Å². The quantitative estimate of drug-likeness (QED) is 0.408. The number of H-pyrrole nitrogens is 1. The Morgan fingerprint density at radius 3 is 2.47 bits per heavy atom. The van der Waals surface area contributed by atoms with Crippen LogP contribution >= 0.6 is 23.2 Å². The Bertz CT molecular complexity index is 1140. The zero-order valence-corrected chi connectivity index (χ0v) is 22.8. The highest BCUT2D eigenvalue weighted by Crippen LogP contribution is 2.42. The van der Waals surface area contributed by atoms with Gasteiger partial charge in [-0.15, -0.1) is 0 Å². The van der Waals surface area contributed by atoms with Crippen molar-refractivity contribution in [3.63, 3.8) is 0 Å². The maximum absolute atomic E-state index is 12.9. The second-order valence-electron chi connectivity index (χ2n) is 10.4. The number of likely N-dealkylation sites (tertiary alicyclic amines) is 1. The van der Waals surface area contributed by atoms with Gasteiger partial charge in [-0.3, -0.25) is 15.0 Å². The summed E-state index contributed by atoms with van der Waals surface area (Å²) >= 11 is 12.6. The molecule has 2 aromatic rings. The van der Waals surface area contributed by atoms with E-state index in [0.717, 1.165) is 83.0 Å². The lowest BCUT2D eigenvalue weighted by molar-refractivity contribution is -0.124. The van der Waals surface area contributed by atoms with Crippen LogP contribution in [0, 0.1) is 5.41 Å². The highest BCUT2D eigenvalue weighted by atomic mass is 35.5. The van der Waals surface area contributed by atoms with Crippen LogP contribution in [0.2, 0.25) is 10.2 Å². The van der Waals surface area contributed by atoms with Crippen LogP contribution in [0.5, 0.6) is 0 Å². The summed E-state index contributed by atoms with van der Waals surface area (Å²) in [6, 6.07) is 4.33. The number of nitrogens with zero attached hydrogens (tertiary/aromatic N) is 5. The van der Waals surface area contributed by atoms with Crippen LogP contribution in [-0.4, -0.2) is 92.5 Å². The highest BCUT2D eigenvalue weighted by Gasteiger charge is 2.41. The molecule has 4 saturated heterocycles. The fourth-order valence-electron chi connectivity index (χ4n) is 5.22. The van der Waals surface area contributed by atoms with E-state index in [1.807, 2.05) is 12.1 Å². The molecule has 1 aromatic heterocycles. The number of nitrogens with two attached hydrogens (primary N) is 1. The van der Waals surface area contributed by atoms with Crippen LogP contribution in [0.3, 0.4) is 0 Å². The Morgan fingerprint density at radius 2 is 1.89 bits per heavy atom. The zero-order chi connectivity index (χ0) is 26.5. The van der Waals surface area contributed by atoms with Gasteiger partial charge in [-0.2, -0.15) is 5.10 Å². The summed E-state index contributed by atoms with van der Waals surface area (Å²) in [5.41, 5.74) is 8.88. The average Bonchev–Trinajstić information content (AvgIpc) is 3.27. The standard InChI is InChI=1S/C18H20Cl2N6O.C8H14FNO/c19-13-5-12(7-22-15-8-24-25-17(15)20)14(23-11-21)6-16(13)26-3-1-18(2-4-26)9-27-10-18;9-7-2-1-3-10(4-7)8-5-11-6-8/h5-8,11H,1-4,9-10H2,(H2,21,23)(H,24,25);7-8H,1-6H2. The number of piperidine rings is 2. The predicted molar refractivity (Wildman–Crippen MR) is 150 cm³/mol. The van der Waals surface area contributed by atoms with E-state index < -0.39 is 6.17 Å². The van der Waals surface area contributed by atoms with Crippen molar-refractivity contribution >= 4 is 52.8 Å². The number of aliphatic imine (C=N–C) groups is 2. The molecule has 12 heteroatoms. The van der Waals surface area contributed by atoms with Gasteiger partial charge in [0.1, 0.15) is 17.0 Å². The van der Waals surface area contributed by atoms with Crippen molar-refractivity contribution in [3.05, 3.63) is 34.1 Å². The number of aromatic nitrogens is 2. The van der Waals surface area contributed by atoms with Crippen LogP contribution in [0.25, 0.3) is 0 Å². The van der Waals surface area contributed by atoms with Crippen molar-refractivity contribution < 1.29 is 13.9 Å². The molecule has 1 atom stereocenters. The predicted octanol–water partition coefficient (Wildman–Crippen LogP) is 4.52. The minimum absolute atomic E-state index is 0.373. The molecule has 0 aliphatic carbocycles. The molecular weight excluding hydrogens is 532 g/mol. The van der Waals surface area contributed by atoms with Crippen molar-refractivity contribution in [1.29, 1.82) is 0 Å². The number of rotatable bonds is 5. The van der Waals surface area contributed by atoms with Crippen LogP contribution in [0.4, 0.5) is 21.5 Å². The molecule has 0 saturated carbocycles. The second kappa shape index (κ2) is 12.3. The highest BCUT2D eigenvalue weighted by molar-refractivity contribution is 6.34. The van der Waals surface area contributed by atoms with Gasteiger partial charge in [-0.25, -0.2) is 9.38 Å². The van der Waals surface area contributed by atoms with E-state index in [1.54, 1.807) is 12.4 Å². The summed E-state index contributed by atoms with van der Waals surface area (Å²) in [6.07, 6.45) is 7.87. The molecule has 9 nitrogen and oxygen atoms in total. The number of anilines is 1. The van der Waals surface area contributed by atoms with Crippen LogP contribution in [0.15, 0.2) is 28.3 Å². The molecule has 0 amide bonds. The summed E-state index contributed by atoms with van der Waals surface area (Å²) in [7, 11) is 0. The number of benzene rings is 1. The number of hydrogen-bond acceptors (Lipinski definition) is 7. The monoisotopic (exact) mass is 565 g/mol. The molecule has 1 unspecified atom stereocenters. The molecule has 206 valence electrons. The normalized spacial score (nSPS) is 23.9. The van der Waals surface area contributed by atoms with Gasteiger partial charge < -0.3 is 20.1 Å². The third-order valence-corrected chi connectivity index (χ3v) is 8.32. The number of nitrogens with one attached hydrogen (secondary N) is 1. The summed E-state index contributed by atoms with van der Waals surface area (Å²) in [6.45, 7) is 6.98. The number of ether oxygens (including phenoxy) is 2. The Balaban J connectivity index is 0.000000222. The maximum atomic E-state index is 12.9. The van der Waals surface area contributed by atoms with E-state index in [1.165, 1.54) is 6.34 Å². The Morgan fingerprint density at radius 1 is 1.11 bits per heavy atom. The smallest absolute Gasteiger partial charge is 0.150 e. The molecule has 4 aliphatic heterocycles. The van der Waals surface area contributed by atoms with E-state index in [0.29, 0.717) is 39.6 Å². The molecule has 4 aliphatic rings. The molecule has 0 radical (unpaired) electrons. The largest absolute Gasteiger partial charge is 0.390 e. The second-order valence-corrected chi connectivity index (χ2v) is 11.2. The minimum Gasteiger partial charge on any atom is -0.390 e. The maximum Gasteiger partial charge on any atom is 0.150 e. The summed E-state index contributed by atoms with van der Waals surface area (Å²) in [4.78, 5) is 13.2. The van der Waals surface area contributed by atoms with E-state index in [2.05, 4.69) is 30.0 Å². The molecule has 0 bridgehead atoms. The zero-order valence-electron chi connectivity index (χ0n) is 21.3. The first-order chi connectivity index (χ1) is 18.5. The van der Waals surface area contributed by atoms with Crippen LogP contribution in [-0.2, 0) is 9.47 Å². The van der Waals surface area contributed by atoms with Gasteiger partial charge in [0.05, 0.1) is 61.4 Å². The average molecular weight is 567 g/mol. The SMILES string of the molecule is FC1CCCN(C2COC2)C1.NC=Nc1cc(N2CCC3(CC2)COC3)c(Cl)cc1C=Nc1cn[nH]c1Cl. The molecule has 1 aromatic carbocycles. The Kier molecular flexibility index (Phi) is 8.84. The van der Waals surface area contributed by atoms with E-state index >= 15 is 0 Å². The lowest BCUT2D eigenvalue weighted by atomic mass is 9.77. The number of alkyl halides is 1. The van der Waals surface area contributed by atoms with Gasteiger partial charge in [-0.05, 0) is 44.4 Å². The van der Waals surface area contributed by atoms with Crippen molar-refractivity contribution in [2.75, 3.05) is 57.5 Å². The Labute approximate surface area is 232 Å². The molecule has 6 rings (SSSR count). The van der Waals surface area contributed by atoms with Gasteiger partial charge in [0.15, 0.2) is 0 Å². The van der Waals surface area contributed by atoms with Crippen molar-refractivity contribution in [1.82, 2.24) is 15.1 Å². The topological polar surface area (TPSA) is 104 Å². The lowest BCUT2D eigenvalue weighted by Crippen LogP contribution is -2.52. The minimum atomic E-state index is -0.593. The third kappa shape index (κ3) is 6.31. The summed E-state index contributed by atoms with van der Waals surface area (Å²) in [5.74, 6) is 0. The third-order valence-electron chi connectivity index (χ3n) is 7.74. The fraction of sp³-hybridized carbons (Fsp3) is 0.577. The lowest BCUT2D eigenvalue weighted by Gasteiger charge is -2.48. The van der Waals surface area contributed by atoms with Crippen LogP contribution in [0.1, 0.15) is 31.2 Å². The van der Waals surface area contributed by atoms with E-state index in [9.17, 15) is 4.39 Å². The number of halogens is 3.